The summed E-state index contributed by atoms with van der Waals surface area (Å²) < 4.78 is 12.8. The molecule has 0 aliphatic heterocycles. The van der Waals surface area contributed by atoms with Gasteiger partial charge in [0, 0.05) is 24.4 Å². The predicted octanol–water partition coefficient (Wildman–Crippen LogP) is 4.92. The summed E-state index contributed by atoms with van der Waals surface area (Å²) >= 11 is 0. The molecule has 0 N–H and O–H groups in total. The minimum absolute atomic E-state index is 0.847. The van der Waals surface area contributed by atoms with Gasteiger partial charge in [-0.25, -0.2) is 0 Å². The Kier molecular flexibility index (Phi) is 4.09. The number of hydrogen-bond acceptors (Lipinski definition) is 3. The molecule has 0 unspecified atom stereocenters. The second-order valence-electron chi connectivity index (χ2n) is 6.21. The van der Waals surface area contributed by atoms with Crippen molar-refractivity contribution >= 4 is 10.8 Å². The van der Waals surface area contributed by atoms with Crippen LogP contribution in [0.3, 0.4) is 0 Å². The fourth-order valence-electron chi connectivity index (χ4n) is 3.31. The van der Waals surface area contributed by atoms with Crippen molar-refractivity contribution in [1.29, 1.82) is 0 Å². The number of aromatic nitrogens is 2. The van der Waals surface area contributed by atoms with Crippen molar-refractivity contribution in [3.05, 3.63) is 67.0 Å². The van der Waals surface area contributed by atoms with Gasteiger partial charge in [-0.2, -0.15) is 5.10 Å². The van der Waals surface area contributed by atoms with Crippen LogP contribution in [0.15, 0.2) is 67.0 Å². The number of benzene rings is 3. The van der Waals surface area contributed by atoms with Crippen LogP contribution in [0.2, 0.25) is 0 Å². The first-order valence-corrected chi connectivity index (χ1v) is 8.44. The van der Waals surface area contributed by atoms with Gasteiger partial charge in [-0.3, -0.25) is 4.68 Å². The number of methoxy groups -OCH3 is 2. The highest BCUT2D eigenvalue weighted by Gasteiger charge is 2.13. The second-order valence-corrected chi connectivity index (χ2v) is 6.21. The largest absolute Gasteiger partial charge is 0.497 e. The molecule has 3 aromatic carbocycles. The zero-order valence-electron chi connectivity index (χ0n) is 15.1. The van der Waals surface area contributed by atoms with Gasteiger partial charge in [-0.1, -0.05) is 30.3 Å². The van der Waals surface area contributed by atoms with Crippen molar-refractivity contribution in [1.82, 2.24) is 9.78 Å². The predicted molar refractivity (Wildman–Crippen MR) is 105 cm³/mol. The highest BCUT2D eigenvalue weighted by molar-refractivity contribution is 6.01. The second kappa shape index (κ2) is 6.56. The molecule has 26 heavy (non-hydrogen) atoms. The minimum Gasteiger partial charge on any atom is -0.497 e. The van der Waals surface area contributed by atoms with Gasteiger partial charge in [0.2, 0.25) is 0 Å². The van der Waals surface area contributed by atoms with Gasteiger partial charge in [-0.05, 0) is 46.2 Å². The van der Waals surface area contributed by atoms with E-state index in [1.54, 1.807) is 18.9 Å². The van der Waals surface area contributed by atoms with E-state index in [4.69, 9.17) is 9.47 Å². The summed E-state index contributed by atoms with van der Waals surface area (Å²) in [6.07, 6.45) is 3.88. The summed E-state index contributed by atoms with van der Waals surface area (Å²) in [6.45, 7) is 0. The summed E-state index contributed by atoms with van der Waals surface area (Å²) in [6, 6.07) is 18.7. The van der Waals surface area contributed by atoms with Gasteiger partial charge >= 0.3 is 0 Å². The smallest absolute Gasteiger partial charge is 0.127 e. The van der Waals surface area contributed by atoms with Gasteiger partial charge in [0.15, 0.2) is 0 Å². The van der Waals surface area contributed by atoms with E-state index in [0.717, 1.165) is 44.5 Å². The monoisotopic (exact) mass is 344 g/mol. The molecular weight excluding hydrogens is 324 g/mol. The molecule has 0 aliphatic rings. The third-order valence-corrected chi connectivity index (χ3v) is 4.60. The zero-order chi connectivity index (χ0) is 18.1. The first-order chi connectivity index (χ1) is 12.7. The average molecular weight is 344 g/mol. The van der Waals surface area contributed by atoms with Crippen molar-refractivity contribution in [2.45, 2.75) is 0 Å². The highest BCUT2D eigenvalue weighted by Crippen LogP contribution is 2.38. The van der Waals surface area contributed by atoms with Crippen molar-refractivity contribution in [3.63, 3.8) is 0 Å². The van der Waals surface area contributed by atoms with Gasteiger partial charge in [0.25, 0.3) is 0 Å². The molecule has 1 aromatic heterocycles. The van der Waals surface area contributed by atoms with Gasteiger partial charge in [0.1, 0.15) is 11.5 Å². The first kappa shape index (κ1) is 16.2. The van der Waals surface area contributed by atoms with Gasteiger partial charge in [-0.15, -0.1) is 0 Å². The Morgan fingerprint density at radius 1 is 0.846 bits per heavy atom. The van der Waals surface area contributed by atoms with Crippen molar-refractivity contribution in [2.75, 3.05) is 14.2 Å². The van der Waals surface area contributed by atoms with Crippen LogP contribution in [0.25, 0.3) is 33.0 Å². The summed E-state index contributed by atoms with van der Waals surface area (Å²) in [5.41, 5.74) is 4.39. The van der Waals surface area contributed by atoms with E-state index >= 15 is 0 Å². The van der Waals surface area contributed by atoms with E-state index in [9.17, 15) is 0 Å². The fourth-order valence-corrected chi connectivity index (χ4v) is 3.31. The Labute approximate surface area is 152 Å². The van der Waals surface area contributed by atoms with Crippen LogP contribution in [-0.4, -0.2) is 24.0 Å². The highest BCUT2D eigenvalue weighted by atomic mass is 16.5. The van der Waals surface area contributed by atoms with Crippen molar-refractivity contribution in [2.24, 2.45) is 7.05 Å². The van der Waals surface area contributed by atoms with E-state index in [0.29, 0.717) is 0 Å². The molecule has 0 amide bonds. The Bertz CT molecular complexity index is 1080. The molecule has 0 aliphatic carbocycles. The maximum Gasteiger partial charge on any atom is 0.127 e. The van der Waals surface area contributed by atoms with E-state index < -0.39 is 0 Å². The molecule has 4 heteroatoms. The zero-order valence-corrected chi connectivity index (χ0v) is 15.1. The lowest BCUT2D eigenvalue weighted by Gasteiger charge is -2.12. The summed E-state index contributed by atoms with van der Waals surface area (Å²) in [4.78, 5) is 0. The third kappa shape index (κ3) is 2.80. The number of ether oxygens (including phenoxy) is 2. The Morgan fingerprint density at radius 3 is 2.42 bits per heavy atom. The molecule has 0 atom stereocenters. The normalized spacial score (nSPS) is 10.9. The number of aryl methyl sites for hydroxylation is 1. The van der Waals surface area contributed by atoms with E-state index in [1.807, 2.05) is 43.7 Å². The molecule has 0 saturated carbocycles. The molecule has 0 fully saturated rings. The number of rotatable bonds is 4. The van der Waals surface area contributed by atoms with Crippen molar-refractivity contribution in [3.8, 4) is 33.8 Å². The number of fused-ring (bicyclic) bond motifs is 1. The van der Waals surface area contributed by atoms with Crippen LogP contribution >= 0.6 is 0 Å². The molecule has 0 spiro atoms. The lowest BCUT2D eigenvalue weighted by Crippen LogP contribution is -1.90. The van der Waals surface area contributed by atoms with Crippen LogP contribution in [-0.2, 0) is 7.05 Å². The quantitative estimate of drug-likeness (QED) is 0.527. The first-order valence-electron chi connectivity index (χ1n) is 8.44. The molecule has 0 radical (unpaired) electrons. The standard InChI is InChI=1S/C22H20N2O2/c1-24-14-18(13-23-24)22-20-9-7-16(11-17(20)8-10-21(22)26-3)15-5-4-6-19(12-15)25-2/h4-14H,1-3H3. The lowest BCUT2D eigenvalue weighted by atomic mass is 9.95. The minimum atomic E-state index is 0.847. The average Bonchev–Trinajstić information content (AvgIpc) is 3.12. The van der Waals surface area contributed by atoms with Crippen LogP contribution in [0.4, 0.5) is 0 Å². The van der Waals surface area contributed by atoms with Crippen LogP contribution in [0.5, 0.6) is 11.5 Å². The topological polar surface area (TPSA) is 36.3 Å². The maximum absolute atomic E-state index is 5.61. The molecule has 0 saturated heterocycles. The summed E-state index contributed by atoms with van der Waals surface area (Å²) in [5, 5.41) is 6.61. The van der Waals surface area contributed by atoms with Crippen LogP contribution in [0.1, 0.15) is 0 Å². The van der Waals surface area contributed by atoms with Crippen LogP contribution < -0.4 is 9.47 Å². The van der Waals surface area contributed by atoms with E-state index in [2.05, 4.69) is 35.4 Å². The molecule has 4 nitrogen and oxygen atoms in total. The molecule has 4 aromatic rings. The Balaban J connectivity index is 1.90. The fraction of sp³-hybridized carbons (Fsp3) is 0.136. The van der Waals surface area contributed by atoms with E-state index in [-0.39, 0.29) is 0 Å². The van der Waals surface area contributed by atoms with Gasteiger partial charge in [0.05, 0.1) is 20.4 Å². The number of hydrogen-bond donors (Lipinski definition) is 0. The van der Waals surface area contributed by atoms with Gasteiger partial charge < -0.3 is 9.47 Å². The summed E-state index contributed by atoms with van der Waals surface area (Å²) in [5.74, 6) is 1.70. The number of nitrogens with zero attached hydrogens (tertiary/aromatic N) is 2. The Morgan fingerprint density at radius 2 is 1.69 bits per heavy atom. The van der Waals surface area contributed by atoms with Crippen molar-refractivity contribution < 1.29 is 9.47 Å². The molecular formula is C22H20N2O2. The molecule has 4 rings (SSSR count). The summed E-state index contributed by atoms with van der Waals surface area (Å²) in [7, 11) is 5.31. The SMILES string of the molecule is COc1cccc(-c2ccc3c(-c4cnn(C)c4)c(OC)ccc3c2)c1. The third-order valence-electron chi connectivity index (χ3n) is 4.60. The molecule has 1 heterocycles. The molecule has 130 valence electrons. The molecule has 0 bridgehead atoms. The van der Waals surface area contributed by atoms with Crippen LogP contribution in [0, 0.1) is 0 Å². The Hall–Kier alpha value is -3.27. The van der Waals surface area contributed by atoms with E-state index in [1.165, 1.54) is 0 Å². The lowest BCUT2D eigenvalue weighted by molar-refractivity contribution is 0.415. The maximum atomic E-state index is 5.61.